The van der Waals surface area contributed by atoms with Gasteiger partial charge in [0.1, 0.15) is 0 Å². The molecule has 0 N–H and O–H groups in total. The molecule has 0 radical (unpaired) electrons. The molecule has 3 aromatic rings. The summed E-state index contributed by atoms with van der Waals surface area (Å²) in [6.07, 6.45) is 0. The van der Waals surface area contributed by atoms with Crippen molar-refractivity contribution in [1.82, 2.24) is 0 Å². The summed E-state index contributed by atoms with van der Waals surface area (Å²) in [5, 5.41) is 11.6. The topological polar surface area (TPSA) is 31.0 Å². The lowest BCUT2D eigenvalue weighted by Gasteiger charge is -2.20. The van der Waals surface area contributed by atoms with Gasteiger partial charge in [0.2, 0.25) is 11.5 Å². The Kier molecular flexibility index (Phi) is 4.32. The van der Waals surface area contributed by atoms with E-state index in [2.05, 4.69) is 56.3 Å². The highest BCUT2D eigenvalue weighted by Gasteiger charge is 2.25. The maximum atomic E-state index is 4.82. The molecule has 1 aliphatic heterocycles. The van der Waals surface area contributed by atoms with E-state index in [1.54, 1.807) is 0 Å². The summed E-state index contributed by atoms with van der Waals surface area (Å²) in [4.78, 5) is 0. The molecule has 0 spiro atoms. The zero-order chi connectivity index (χ0) is 17.9. The third-order valence-corrected chi connectivity index (χ3v) is 4.29. The van der Waals surface area contributed by atoms with Gasteiger partial charge in [-0.15, -0.1) is 5.10 Å². The zero-order valence-corrected chi connectivity index (χ0v) is 15.0. The van der Waals surface area contributed by atoms with Crippen LogP contribution in [0.25, 0.3) is 0 Å². The Morgan fingerprint density at radius 1 is 0.808 bits per heavy atom. The fraction of sp³-hybridized carbons (Fsp3) is 0.136. The van der Waals surface area contributed by atoms with Crippen LogP contribution in [0.1, 0.15) is 16.7 Å². The van der Waals surface area contributed by atoms with Crippen molar-refractivity contribution < 1.29 is 4.70 Å². The van der Waals surface area contributed by atoms with E-state index in [-0.39, 0.29) is 0 Å². The van der Waals surface area contributed by atoms with Crippen LogP contribution in [0.4, 0.5) is 11.4 Å². The summed E-state index contributed by atoms with van der Waals surface area (Å²) in [5.41, 5.74) is 5.54. The number of hydrogen-bond donors (Lipinski definition) is 0. The summed E-state index contributed by atoms with van der Waals surface area (Å²) in [6.45, 7) is 4.77. The van der Waals surface area contributed by atoms with Gasteiger partial charge in [-0.3, -0.25) is 0 Å². The van der Waals surface area contributed by atoms with Crippen molar-refractivity contribution in [3.05, 3.63) is 95.6 Å². The van der Waals surface area contributed by atoms with Crippen molar-refractivity contribution in [3.8, 4) is 0 Å². The number of benzene rings is 3. The first kappa shape index (κ1) is 16.2. The standard InChI is InChI=1S/C22H21N4/c1-17-13-18(2)15-19(14-17)22-23-25(20-9-5-3-6-10-20)16-26(24-22)21-11-7-4-8-12-21/h3-15H,16H2,1-2H3/q+1. The summed E-state index contributed by atoms with van der Waals surface area (Å²) in [5.74, 6) is 0.718. The minimum atomic E-state index is 0.572. The van der Waals surface area contributed by atoms with Gasteiger partial charge in [0.25, 0.3) is 6.67 Å². The van der Waals surface area contributed by atoms with Crippen LogP contribution >= 0.6 is 0 Å². The van der Waals surface area contributed by atoms with Gasteiger partial charge in [-0.2, -0.15) is 0 Å². The van der Waals surface area contributed by atoms with Crippen LogP contribution in [0, 0.1) is 13.8 Å². The maximum Gasteiger partial charge on any atom is 0.269 e. The van der Waals surface area contributed by atoms with Gasteiger partial charge in [-0.25, -0.2) is 5.01 Å². The van der Waals surface area contributed by atoms with Crippen molar-refractivity contribution >= 4 is 17.2 Å². The van der Waals surface area contributed by atoms with Crippen LogP contribution in [0.5, 0.6) is 0 Å². The largest absolute Gasteiger partial charge is 0.269 e. The quantitative estimate of drug-likeness (QED) is 0.599. The molecule has 4 rings (SSSR count). The minimum Gasteiger partial charge on any atom is -0.201 e. The Labute approximate surface area is 153 Å². The highest BCUT2D eigenvalue weighted by atomic mass is 15.6. The van der Waals surface area contributed by atoms with Gasteiger partial charge in [-0.1, -0.05) is 58.3 Å². The van der Waals surface area contributed by atoms with E-state index in [9.17, 15) is 0 Å². The molecule has 0 aliphatic carbocycles. The SMILES string of the molecule is Cc1cc(C)cc(C2=NN(c3ccccc3)C[N+](c3ccccc3)=N2)c1. The van der Waals surface area contributed by atoms with Crippen LogP contribution in [-0.4, -0.2) is 17.2 Å². The second kappa shape index (κ2) is 6.92. The Morgan fingerprint density at radius 3 is 2.08 bits per heavy atom. The molecule has 0 amide bonds. The fourth-order valence-electron chi connectivity index (χ4n) is 3.14. The molecule has 0 bridgehead atoms. The molecule has 1 aliphatic rings. The van der Waals surface area contributed by atoms with Gasteiger partial charge in [0.05, 0.1) is 5.69 Å². The first-order valence-electron chi connectivity index (χ1n) is 8.73. The molecule has 3 aromatic carbocycles. The summed E-state index contributed by atoms with van der Waals surface area (Å²) < 4.78 is 1.99. The second-order valence-electron chi connectivity index (χ2n) is 6.51. The van der Waals surface area contributed by atoms with E-state index in [1.165, 1.54) is 11.1 Å². The van der Waals surface area contributed by atoms with Crippen LogP contribution in [-0.2, 0) is 0 Å². The lowest BCUT2D eigenvalue weighted by atomic mass is 10.1. The first-order chi connectivity index (χ1) is 12.7. The monoisotopic (exact) mass is 341 g/mol. The van der Waals surface area contributed by atoms with Crippen molar-refractivity contribution in [2.75, 3.05) is 11.7 Å². The summed E-state index contributed by atoms with van der Waals surface area (Å²) in [7, 11) is 0. The number of hydrazone groups is 1. The molecule has 128 valence electrons. The fourth-order valence-corrected chi connectivity index (χ4v) is 3.14. The molecule has 0 fully saturated rings. The lowest BCUT2D eigenvalue weighted by Crippen LogP contribution is -2.31. The molecule has 0 aromatic heterocycles. The molecule has 1 heterocycles. The van der Waals surface area contributed by atoms with Crippen molar-refractivity contribution in [2.45, 2.75) is 13.8 Å². The van der Waals surface area contributed by atoms with Crippen LogP contribution < -0.4 is 5.01 Å². The number of anilines is 1. The molecule has 4 nitrogen and oxygen atoms in total. The zero-order valence-electron chi connectivity index (χ0n) is 15.0. The second-order valence-corrected chi connectivity index (χ2v) is 6.51. The van der Waals surface area contributed by atoms with Gasteiger partial charge >= 0.3 is 0 Å². The third-order valence-electron chi connectivity index (χ3n) is 4.29. The van der Waals surface area contributed by atoms with E-state index < -0.39 is 0 Å². The van der Waals surface area contributed by atoms with Gasteiger partial charge in [0.15, 0.2) is 0 Å². The minimum absolute atomic E-state index is 0.572. The normalized spacial score (nSPS) is 14.0. The number of para-hydroxylation sites is 2. The smallest absolute Gasteiger partial charge is 0.201 e. The predicted molar refractivity (Wildman–Crippen MR) is 105 cm³/mol. The maximum absolute atomic E-state index is 4.82. The molecule has 0 atom stereocenters. The van der Waals surface area contributed by atoms with Crippen LogP contribution in [0.3, 0.4) is 0 Å². The predicted octanol–water partition coefficient (Wildman–Crippen LogP) is 5.24. The number of rotatable bonds is 3. The molecule has 0 saturated carbocycles. The molecular formula is C22H21N4+. The Morgan fingerprint density at radius 2 is 1.42 bits per heavy atom. The first-order valence-corrected chi connectivity index (χ1v) is 8.73. The van der Waals surface area contributed by atoms with E-state index in [4.69, 9.17) is 10.2 Å². The Bertz CT molecular complexity index is 955. The van der Waals surface area contributed by atoms with Crippen LogP contribution in [0.2, 0.25) is 0 Å². The molecule has 0 unspecified atom stereocenters. The van der Waals surface area contributed by atoms with E-state index >= 15 is 0 Å². The Balaban J connectivity index is 1.82. The van der Waals surface area contributed by atoms with E-state index in [1.807, 2.05) is 46.1 Å². The van der Waals surface area contributed by atoms with E-state index in [0.717, 1.165) is 22.8 Å². The Hall–Kier alpha value is -3.27. The highest BCUT2D eigenvalue weighted by molar-refractivity contribution is 5.99. The number of amidine groups is 1. The lowest BCUT2D eigenvalue weighted by molar-refractivity contribution is -0.508. The molecule has 0 saturated heterocycles. The summed E-state index contributed by atoms with van der Waals surface area (Å²) >= 11 is 0. The van der Waals surface area contributed by atoms with Gasteiger partial charge < -0.3 is 0 Å². The summed E-state index contributed by atoms with van der Waals surface area (Å²) in [6, 6.07) is 26.8. The molecule has 4 heteroatoms. The van der Waals surface area contributed by atoms with Gasteiger partial charge in [-0.05, 0) is 38.1 Å². The van der Waals surface area contributed by atoms with Crippen molar-refractivity contribution in [1.29, 1.82) is 0 Å². The number of azo groups is 2. The highest BCUT2D eigenvalue weighted by Crippen LogP contribution is 2.23. The number of hydrogen-bond acceptors (Lipinski definition) is 3. The number of aryl methyl sites for hydroxylation is 2. The molecular weight excluding hydrogens is 320 g/mol. The average Bonchev–Trinajstić information content (AvgIpc) is 2.68. The third kappa shape index (κ3) is 3.40. The van der Waals surface area contributed by atoms with Gasteiger partial charge in [0, 0.05) is 22.8 Å². The molecule has 26 heavy (non-hydrogen) atoms. The van der Waals surface area contributed by atoms with Crippen molar-refractivity contribution in [2.24, 2.45) is 10.2 Å². The van der Waals surface area contributed by atoms with E-state index in [0.29, 0.717) is 6.67 Å². The van der Waals surface area contributed by atoms with Crippen LogP contribution in [0.15, 0.2) is 89.1 Å². The number of nitrogens with zero attached hydrogens (tertiary/aromatic N) is 4. The van der Waals surface area contributed by atoms with Crippen molar-refractivity contribution in [3.63, 3.8) is 0 Å². The average molecular weight is 341 g/mol.